The summed E-state index contributed by atoms with van der Waals surface area (Å²) in [7, 11) is 0. The molecule has 178 valence electrons. The Labute approximate surface area is 216 Å². The summed E-state index contributed by atoms with van der Waals surface area (Å²) in [6, 6.07) is 35.2. The molecule has 0 heteroatoms. The summed E-state index contributed by atoms with van der Waals surface area (Å²) < 4.78 is 0. The fourth-order valence-corrected chi connectivity index (χ4v) is 4.90. The van der Waals surface area contributed by atoms with E-state index in [9.17, 15) is 0 Å². The zero-order valence-corrected chi connectivity index (χ0v) is 22.2. The summed E-state index contributed by atoms with van der Waals surface area (Å²) in [5, 5.41) is 4.88. The van der Waals surface area contributed by atoms with Crippen molar-refractivity contribution in [1.29, 1.82) is 0 Å². The third-order valence-electron chi connectivity index (χ3n) is 7.05. The molecular weight excluding hydrogens is 432 g/mol. The van der Waals surface area contributed by atoms with Crippen LogP contribution >= 0.6 is 0 Å². The predicted octanol–water partition coefficient (Wildman–Crippen LogP) is 9.65. The van der Waals surface area contributed by atoms with E-state index in [2.05, 4.69) is 150 Å². The highest BCUT2D eigenvalue weighted by Crippen LogP contribution is 2.39. The van der Waals surface area contributed by atoms with Gasteiger partial charge in [-0.1, -0.05) is 138 Å². The van der Waals surface area contributed by atoms with Crippen LogP contribution < -0.4 is 0 Å². The van der Waals surface area contributed by atoms with Crippen molar-refractivity contribution in [3.05, 3.63) is 119 Å². The minimum atomic E-state index is 0.132. The highest BCUT2D eigenvalue weighted by molar-refractivity contribution is 6.16. The molecule has 0 unspecified atom stereocenters. The molecule has 5 aromatic carbocycles. The van der Waals surface area contributed by atoms with Crippen molar-refractivity contribution in [2.24, 2.45) is 0 Å². The molecule has 0 radical (unpaired) electrons. The lowest BCUT2D eigenvalue weighted by molar-refractivity contribution is 0.590. The Morgan fingerprint density at radius 1 is 0.444 bits per heavy atom. The molecule has 5 rings (SSSR count). The van der Waals surface area contributed by atoms with Crippen LogP contribution in [0.4, 0.5) is 0 Å². The van der Waals surface area contributed by atoms with E-state index >= 15 is 0 Å². The molecular formula is C36H34. The topological polar surface area (TPSA) is 0 Å². The minimum Gasteiger partial charge on any atom is -0.0616 e. The monoisotopic (exact) mass is 466 g/mol. The van der Waals surface area contributed by atoms with Gasteiger partial charge in [0.2, 0.25) is 0 Å². The Bertz CT molecular complexity index is 1550. The minimum absolute atomic E-state index is 0.132. The van der Waals surface area contributed by atoms with Crippen LogP contribution in [-0.4, -0.2) is 0 Å². The van der Waals surface area contributed by atoms with E-state index in [0.717, 1.165) is 11.1 Å². The zero-order chi connectivity index (χ0) is 25.5. The van der Waals surface area contributed by atoms with Crippen molar-refractivity contribution >= 4 is 21.5 Å². The van der Waals surface area contributed by atoms with Crippen LogP contribution in [0, 0.1) is 11.8 Å². The maximum Gasteiger partial charge on any atom is 0.0406 e. The standard InChI is InChI=1S/C36H34/c1-35(2,3)27-20-15-25(16-21-27)17-24-31-29-11-7-9-13-32(29)34(33-14-10-8-12-30(31)33)26-18-22-28(23-19-26)36(4,5)6/h7-16,18-23H,1-6H3. The smallest absolute Gasteiger partial charge is 0.0406 e. The number of hydrogen-bond donors (Lipinski definition) is 0. The van der Waals surface area contributed by atoms with E-state index in [-0.39, 0.29) is 10.8 Å². The normalized spacial score (nSPS) is 11.9. The van der Waals surface area contributed by atoms with Crippen LogP contribution in [0.5, 0.6) is 0 Å². The van der Waals surface area contributed by atoms with E-state index in [0.29, 0.717) is 0 Å². The van der Waals surface area contributed by atoms with Gasteiger partial charge in [-0.25, -0.2) is 0 Å². The third kappa shape index (κ3) is 4.55. The summed E-state index contributed by atoms with van der Waals surface area (Å²) in [5.74, 6) is 7.02. The Morgan fingerprint density at radius 3 is 1.31 bits per heavy atom. The maximum absolute atomic E-state index is 3.56. The Morgan fingerprint density at radius 2 is 0.861 bits per heavy atom. The van der Waals surface area contributed by atoms with Crippen LogP contribution in [0.15, 0.2) is 97.1 Å². The molecule has 0 atom stereocenters. The molecule has 0 heterocycles. The molecule has 0 aliphatic heterocycles. The van der Waals surface area contributed by atoms with Gasteiger partial charge in [0, 0.05) is 11.1 Å². The summed E-state index contributed by atoms with van der Waals surface area (Å²) in [4.78, 5) is 0. The van der Waals surface area contributed by atoms with Gasteiger partial charge in [0.15, 0.2) is 0 Å². The van der Waals surface area contributed by atoms with Gasteiger partial charge >= 0.3 is 0 Å². The summed E-state index contributed by atoms with van der Waals surface area (Å²) in [6.07, 6.45) is 0. The first-order valence-electron chi connectivity index (χ1n) is 12.8. The van der Waals surface area contributed by atoms with Gasteiger partial charge in [0.05, 0.1) is 0 Å². The van der Waals surface area contributed by atoms with Gasteiger partial charge in [0.25, 0.3) is 0 Å². The lowest BCUT2D eigenvalue weighted by atomic mass is 9.84. The number of hydrogen-bond acceptors (Lipinski definition) is 0. The Kier molecular flexibility index (Phi) is 5.97. The van der Waals surface area contributed by atoms with Crippen LogP contribution in [-0.2, 0) is 10.8 Å². The molecule has 0 N–H and O–H groups in total. The van der Waals surface area contributed by atoms with E-state index in [4.69, 9.17) is 0 Å². The van der Waals surface area contributed by atoms with Gasteiger partial charge < -0.3 is 0 Å². The maximum atomic E-state index is 3.56. The molecule has 0 aliphatic carbocycles. The molecule has 0 saturated heterocycles. The van der Waals surface area contributed by atoms with Crippen molar-refractivity contribution < 1.29 is 0 Å². The first kappa shape index (κ1) is 23.9. The SMILES string of the molecule is CC(C)(C)c1ccc(C#Cc2c3ccccc3c(-c3ccc(C(C)(C)C)cc3)c3ccccc23)cc1. The highest BCUT2D eigenvalue weighted by atomic mass is 14.2. The van der Waals surface area contributed by atoms with Gasteiger partial charge in [0.1, 0.15) is 0 Å². The molecule has 36 heavy (non-hydrogen) atoms. The average molecular weight is 467 g/mol. The third-order valence-corrected chi connectivity index (χ3v) is 7.05. The number of fused-ring (bicyclic) bond motifs is 2. The zero-order valence-electron chi connectivity index (χ0n) is 22.2. The number of benzene rings is 5. The van der Waals surface area contributed by atoms with Gasteiger partial charge in [-0.3, -0.25) is 0 Å². The lowest BCUT2D eigenvalue weighted by Crippen LogP contribution is -2.10. The first-order chi connectivity index (χ1) is 17.1. The highest BCUT2D eigenvalue weighted by Gasteiger charge is 2.17. The fraction of sp³-hybridized carbons (Fsp3) is 0.222. The van der Waals surface area contributed by atoms with Crippen LogP contribution in [0.3, 0.4) is 0 Å². The van der Waals surface area contributed by atoms with E-state index in [1.54, 1.807) is 0 Å². The molecule has 5 aromatic rings. The van der Waals surface area contributed by atoms with Crippen molar-refractivity contribution in [3.63, 3.8) is 0 Å². The van der Waals surface area contributed by atoms with Crippen molar-refractivity contribution in [2.75, 3.05) is 0 Å². The summed E-state index contributed by atoms with van der Waals surface area (Å²) in [5.41, 5.74) is 7.60. The first-order valence-corrected chi connectivity index (χ1v) is 12.8. The van der Waals surface area contributed by atoms with Gasteiger partial charge in [-0.05, 0) is 66.8 Å². The van der Waals surface area contributed by atoms with E-state index < -0.39 is 0 Å². The second-order valence-corrected chi connectivity index (χ2v) is 11.7. The number of rotatable bonds is 1. The largest absolute Gasteiger partial charge is 0.0616 e. The van der Waals surface area contributed by atoms with Crippen LogP contribution in [0.2, 0.25) is 0 Å². The van der Waals surface area contributed by atoms with Crippen molar-refractivity contribution in [3.8, 4) is 23.0 Å². The summed E-state index contributed by atoms with van der Waals surface area (Å²) in [6.45, 7) is 13.5. The quantitative estimate of drug-likeness (QED) is 0.170. The fourth-order valence-electron chi connectivity index (χ4n) is 4.90. The molecule has 0 nitrogen and oxygen atoms in total. The predicted molar refractivity (Wildman–Crippen MR) is 157 cm³/mol. The Hall–Kier alpha value is -3.82. The van der Waals surface area contributed by atoms with E-state index in [1.807, 2.05) is 0 Å². The van der Waals surface area contributed by atoms with Gasteiger partial charge in [-0.2, -0.15) is 0 Å². The molecule has 0 amide bonds. The Balaban J connectivity index is 1.71. The lowest BCUT2D eigenvalue weighted by Gasteiger charge is -2.20. The molecule has 0 bridgehead atoms. The summed E-state index contributed by atoms with van der Waals surface area (Å²) >= 11 is 0. The van der Waals surface area contributed by atoms with Crippen LogP contribution in [0.25, 0.3) is 32.7 Å². The second kappa shape index (κ2) is 9.00. The molecule has 0 spiro atoms. The van der Waals surface area contributed by atoms with Crippen molar-refractivity contribution in [1.82, 2.24) is 0 Å². The van der Waals surface area contributed by atoms with E-state index in [1.165, 1.54) is 43.8 Å². The molecule has 0 fully saturated rings. The van der Waals surface area contributed by atoms with Gasteiger partial charge in [-0.15, -0.1) is 0 Å². The molecule has 0 aliphatic rings. The molecule has 0 saturated carbocycles. The second-order valence-electron chi connectivity index (χ2n) is 11.7. The average Bonchev–Trinajstić information content (AvgIpc) is 2.86. The van der Waals surface area contributed by atoms with Crippen molar-refractivity contribution in [2.45, 2.75) is 52.4 Å². The van der Waals surface area contributed by atoms with Crippen LogP contribution in [0.1, 0.15) is 63.8 Å². The molecule has 0 aromatic heterocycles.